The molecule has 0 fully saturated rings. The fourth-order valence-electron chi connectivity index (χ4n) is 3.24. The minimum absolute atomic E-state index is 0.129. The molecule has 1 atom stereocenters. The van der Waals surface area contributed by atoms with E-state index in [4.69, 9.17) is 9.47 Å². The SMILES string of the molecule is C=CCC[C@@H](C(=O)N(C)C)S(=O)(=O)N(Cc1ccc(OC)cc1)Cc1ccc(OC)cc1. The van der Waals surface area contributed by atoms with Gasteiger partial charge in [-0.1, -0.05) is 30.3 Å². The van der Waals surface area contributed by atoms with Gasteiger partial charge < -0.3 is 14.4 Å². The van der Waals surface area contributed by atoms with E-state index in [1.807, 2.05) is 24.3 Å². The van der Waals surface area contributed by atoms with Gasteiger partial charge in [-0.3, -0.25) is 4.79 Å². The van der Waals surface area contributed by atoms with Crippen LogP contribution in [0.15, 0.2) is 61.2 Å². The maximum absolute atomic E-state index is 13.7. The lowest BCUT2D eigenvalue weighted by Gasteiger charge is -2.28. The van der Waals surface area contributed by atoms with Gasteiger partial charge in [0.2, 0.25) is 15.9 Å². The van der Waals surface area contributed by atoms with Crippen LogP contribution in [0.1, 0.15) is 24.0 Å². The van der Waals surface area contributed by atoms with E-state index >= 15 is 0 Å². The lowest BCUT2D eigenvalue weighted by atomic mass is 10.2. The van der Waals surface area contributed by atoms with E-state index < -0.39 is 21.2 Å². The second-order valence-corrected chi connectivity index (χ2v) is 9.71. The largest absolute Gasteiger partial charge is 0.497 e. The van der Waals surface area contributed by atoms with E-state index in [1.54, 1.807) is 58.7 Å². The van der Waals surface area contributed by atoms with Crippen molar-refractivity contribution in [1.29, 1.82) is 0 Å². The van der Waals surface area contributed by atoms with Gasteiger partial charge in [-0.15, -0.1) is 6.58 Å². The summed E-state index contributed by atoms with van der Waals surface area (Å²) in [5.74, 6) is 0.927. The van der Waals surface area contributed by atoms with Gasteiger partial charge in [0.25, 0.3) is 0 Å². The average molecular weight is 461 g/mol. The van der Waals surface area contributed by atoms with Crippen LogP contribution in [-0.4, -0.2) is 57.1 Å². The number of hydrogen-bond donors (Lipinski definition) is 0. The van der Waals surface area contributed by atoms with E-state index in [2.05, 4.69) is 6.58 Å². The molecule has 0 saturated carbocycles. The third-order valence-corrected chi connectivity index (χ3v) is 7.24. The van der Waals surface area contributed by atoms with Crippen molar-refractivity contribution in [2.75, 3.05) is 28.3 Å². The Balaban J connectivity index is 2.44. The third kappa shape index (κ3) is 6.58. The second kappa shape index (κ2) is 11.7. The molecule has 0 aromatic heterocycles. The van der Waals surface area contributed by atoms with Crippen LogP contribution in [0, 0.1) is 0 Å². The predicted octanol–water partition coefficient (Wildman–Crippen LogP) is 3.46. The predicted molar refractivity (Wildman–Crippen MR) is 126 cm³/mol. The molecule has 0 saturated heterocycles. The number of sulfonamides is 1. The molecular formula is C24H32N2O5S. The van der Waals surface area contributed by atoms with Gasteiger partial charge in [0.1, 0.15) is 11.5 Å². The number of carbonyl (C=O) groups is 1. The Morgan fingerprint density at radius 2 is 1.38 bits per heavy atom. The second-order valence-electron chi connectivity index (χ2n) is 7.60. The van der Waals surface area contributed by atoms with E-state index in [1.165, 1.54) is 9.21 Å². The molecule has 0 N–H and O–H groups in total. The first kappa shape index (κ1) is 25.4. The molecule has 0 heterocycles. The third-order valence-electron chi connectivity index (χ3n) is 5.10. The Morgan fingerprint density at radius 3 is 1.72 bits per heavy atom. The quantitative estimate of drug-likeness (QED) is 0.454. The number of benzene rings is 2. The maximum Gasteiger partial charge on any atom is 0.241 e. The number of amides is 1. The summed E-state index contributed by atoms with van der Waals surface area (Å²) in [6.45, 7) is 3.93. The number of rotatable bonds is 12. The summed E-state index contributed by atoms with van der Waals surface area (Å²) in [5, 5.41) is -1.19. The molecule has 0 unspecified atom stereocenters. The molecule has 174 valence electrons. The fourth-order valence-corrected chi connectivity index (χ4v) is 5.16. The number of hydrogen-bond acceptors (Lipinski definition) is 5. The molecule has 7 nitrogen and oxygen atoms in total. The molecule has 0 aliphatic carbocycles. The zero-order valence-corrected chi connectivity index (χ0v) is 20.0. The normalized spacial score (nSPS) is 12.3. The van der Waals surface area contributed by atoms with Gasteiger partial charge in [-0.2, -0.15) is 4.31 Å². The molecule has 0 spiro atoms. The molecule has 2 aromatic rings. The van der Waals surface area contributed by atoms with Crippen molar-refractivity contribution in [2.24, 2.45) is 0 Å². The monoisotopic (exact) mass is 460 g/mol. The highest BCUT2D eigenvalue weighted by atomic mass is 32.2. The molecule has 2 rings (SSSR count). The van der Waals surface area contributed by atoms with Crippen LogP contribution in [-0.2, 0) is 27.9 Å². The Kier molecular flexibility index (Phi) is 9.28. The molecule has 0 bridgehead atoms. The summed E-state index contributed by atoms with van der Waals surface area (Å²) >= 11 is 0. The first-order valence-electron chi connectivity index (χ1n) is 10.3. The van der Waals surface area contributed by atoms with Crippen molar-refractivity contribution in [3.05, 3.63) is 72.3 Å². The van der Waals surface area contributed by atoms with Gasteiger partial charge >= 0.3 is 0 Å². The summed E-state index contributed by atoms with van der Waals surface area (Å²) in [6, 6.07) is 14.4. The Morgan fingerprint density at radius 1 is 0.938 bits per heavy atom. The van der Waals surface area contributed by atoms with Gasteiger partial charge in [-0.05, 0) is 48.2 Å². The molecule has 1 amide bonds. The molecular weight excluding hydrogens is 428 g/mol. The molecule has 0 radical (unpaired) electrons. The van der Waals surface area contributed by atoms with Crippen LogP contribution >= 0.6 is 0 Å². The number of nitrogens with zero attached hydrogens (tertiary/aromatic N) is 2. The summed E-state index contributed by atoms with van der Waals surface area (Å²) in [7, 11) is 2.31. The highest BCUT2D eigenvalue weighted by Gasteiger charge is 2.38. The topological polar surface area (TPSA) is 76.2 Å². The zero-order chi connectivity index (χ0) is 23.7. The highest BCUT2D eigenvalue weighted by molar-refractivity contribution is 7.90. The van der Waals surface area contributed by atoms with E-state index in [9.17, 15) is 13.2 Å². The van der Waals surface area contributed by atoms with Crippen molar-refractivity contribution in [3.8, 4) is 11.5 Å². The summed E-state index contributed by atoms with van der Waals surface area (Å²) < 4.78 is 39.2. The van der Waals surface area contributed by atoms with Crippen LogP contribution in [0.4, 0.5) is 0 Å². The van der Waals surface area contributed by atoms with Crippen LogP contribution in [0.3, 0.4) is 0 Å². The molecule has 0 aliphatic heterocycles. The van der Waals surface area contributed by atoms with Crippen molar-refractivity contribution < 1.29 is 22.7 Å². The van der Waals surface area contributed by atoms with Crippen molar-refractivity contribution in [1.82, 2.24) is 9.21 Å². The number of allylic oxidation sites excluding steroid dienone is 1. The Labute approximate surface area is 191 Å². The van der Waals surface area contributed by atoms with E-state index in [0.717, 1.165) is 11.1 Å². The lowest BCUT2D eigenvalue weighted by molar-refractivity contribution is -0.128. The Bertz CT molecular complexity index is 937. The van der Waals surface area contributed by atoms with E-state index in [-0.39, 0.29) is 19.5 Å². The zero-order valence-electron chi connectivity index (χ0n) is 19.2. The van der Waals surface area contributed by atoms with Crippen LogP contribution in [0.25, 0.3) is 0 Å². The minimum atomic E-state index is -3.98. The minimum Gasteiger partial charge on any atom is -0.497 e. The first-order chi connectivity index (χ1) is 15.2. The molecule has 32 heavy (non-hydrogen) atoms. The Hall–Kier alpha value is -2.84. The van der Waals surface area contributed by atoms with Crippen LogP contribution < -0.4 is 9.47 Å². The van der Waals surface area contributed by atoms with Gasteiger partial charge in [0, 0.05) is 27.2 Å². The summed E-state index contributed by atoms with van der Waals surface area (Å²) in [5.41, 5.74) is 1.59. The van der Waals surface area contributed by atoms with Gasteiger partial charge in [-0.25, -0.2) is 8.42 Å². The standard InChI is InChI=1S/C24H32N2O5S/c1-6-7-8-23(24(27)25(2)3)32(28,29)26(17-19-9-13-21(30-4)14-10-19)18-20-11-15-22(31-5)16-12-20/h6,9-16,23H,1,7-8,17-18H2,2-5H3/t23-/m0/s1. The van der Waals surface area contributed by atoms with Gasteiger partial charge in [0.05, 0.1) is 14.2 Å². The number of ether oxygens (including phenoxy) is 2. The first-order valence-corrected chi connectivity index (χ1v) is 11.8. The smallest absolute Gasteiger partial charge is 0.241 e. The van der Waals surface area contributed by atoms with Crippen molar-refractivity contribution >= 4 is 15.9 Å². The van der Waals surface area contributed by atoms with Crippen molar-refractivity contribution in [3.63, 3.8) is 0 Å². The summed E-state index contributed by atoms with van der Waals surface area (Å²) in [6.07, 6.45) is 2.22. The lowest BCUT2D eigenvalue weighted by Crippen LogP contribution is -2.46. The van der Waals surface area contributed by atoms with Crippen LogP contribution in [0.2, 0.25) is 0 Å². The summed E-state index contributed by atoms with van der Waals surface area (Å²) in [4.78, 5) is 14.1. The number of methoxy groups -OCH3 is 2. The fraction of sp³-hybridized carbons (Fsp3) is 0.375. The molecule has 2 aromatic carbocycles. The van der Waals surface area contributed by atoms with E-state index in [0.29, 0.717) is 17.9 Å². The maximum atomic E-state index is 13.7. The molecule has 8 heteroatoms. The van der Waals surface area contributed by atoms with Gasteiger partial charge in [0.15, 0.2) is 5.25 Å². The average Bonchev–Trinajstić information content (AvgIpc) is 2.79. The van der Waals surface area contributed by atoms with Crippen molar-refractivity contribution in [2.45, 2.75) is 31.2 Å². The number of carbonyl (C=O) groups excluding carboxylic acids is 1. The molecule has 0 aliphatic rings. The highest BCUT2D eigenvalue weighted by Crippen LogP contribution is 2.24. The van der Waals surface area contributed by atoms with Crippen LogP contribution in [0.5, 0.6) is 11.5 Å².